The summed E-state index contributed by atoms with van der Waals surface area (Å²) in [6.07, 6.45) is 3.17. The predicted octanol–water partition coefficient (Wildman–Crippen LogP) is 2.63. The van der Waals surface area contributed by atoms with Gasteiger partial charge in [-0.3, -0.25) is 0 Å². The summed E-state index contributed by atoms with van der Waals surface area (Å²) in [5.74, 6) is -2.55. The van der Waals surface area contributed by atoms with E-state index in [2.05, 4.69) is 9.97 Å². The largest absolute Gasteiger partial charge is 0.457 e. The molecule has 84 valence electrons. The second-order valence-electron chi connectivity index (χ2n) is 3.81. The summed E-state index contributed by atoms with van der Waals surface area (Å²) in [5, 5.41) is 0. The molecule has 0 aliphatic heterocycles. The highest BCUT2D eigenvalue weighted by Gasteiger charge is 2.22. The van der Waals surface area contributed by atoms with Crippen molar-refractivity contribution in [2.75, 3.05) is 6.61 Å². The molecule has 0 bridgehead atoms. The van der Waals surface area contributed by atoms with Crippen LogP contribution >= 0.6 is 0 Å². The summed E-state index contributed by atoms with van der Waals surface area (Å²) in [6, 6.07) is -0.0130. The van der Waals surface area contributed by atoms with E-state index in [1.54, 1.807) is 12.4 Å². The van der Waals surface area contributed by atoms with Gasteiger partial charge in [0, 0.05) is 19.3 Å². The molecule has 0 saturated carbocycles. The average Bonchev–Trinajstić information content (AvgIpc) is 2.14. The Morgan fingerprint density at radius 3 is 2.27 bits per heavy atom. The lowest BCUT2D eigenvalue weighted by molar-refractivity contribution is -0.0256. The third-order valence-corrected chi connectivity index (χ3v) is 1.77. The Labute approximate surface area is 87.5 Å². The number of alkyl halides is 2. The Balaban J connectivity index is 2.57. The molecule has 1 rings (SSSR count). The number of aromatic nitrogens is 2. The van der Waals surface area contributed by atoms with Gasteiger partial charge >= 0.3 is 6.01 Å². The van der Waals surface area contributed by atoms with E-state index < -0.39 is 12.5 Å². The molecule has 0 aliphatic carbocycles. The van der Waals surface area contributed by atoms with Crippen LogP contribution in [0.4, 0.5) is 8.78 Å². The Morgan fingerprint density at radius 2 is 1.87 bits per heavy atom. The Morgan fingerprint density at radius 1 is 1.33 bits per heavy atom. The first-order valence-corrected chi connectivity index (χ1v) is 4.71. The third kappa shape index (κ3) is 4.18. The molecule has 1 aromatic heterocycles. The summed E-state index contributed by atoms with van der Waals surface area (Å²) < 4.78 is 29.6. The molecule has 0 aromatic carbocycles. The van der Waals surface area contributed by atoms with Crippen LogP contribution in [-0.4, -0.2) is 22.5 Å². The number of hydrogen-bond donors (Lipinski definition) is 0. The molecule has 0 unspecified atom stereocenters. The zero-order chi connectivity index (χ0) is 11.5. The maximum atomic E-state index is 12.4. The van der Waals surface area contributed by atoms with Gasteiger partial charge in [-0.05, 0) is 11.5 Å². The molecule has 0 radical (unpaired) electrons. The van der Waals surface area contributed by atoms with Crippen molar-refractivity contribution >= 4 is 0 Å². The van der Waals surface area contributed by atoms with Crippen molar-refractivity contribution in [3.05, 3.63) is 18.0 Å². The fourth-order valence-electron chi connectivity index (χ4n) is 0.890. The first-order valence-electron chi connectivity index (χ1n) is 4.71. The Kier molecular flexibility index (Phi) is 3.55. The lowest BCUT2D eigenvalue weighted by atomic mass is 10.1. The molecule has 0 fully saturated rings. The van der Waals surface area contributed by atoms with Gasteiger partial charge in [-0.1, -0.05) is 13.8 Å². The van der Waals surface area contributed by atoms with Gasteiger partial charge < -0.3 is 4.74 Å². The quantitative estimate of drug-likeness (QED) is 0.776. The van der Waals surface area contributed by atoms with Crippen LogP contribution in [0, 0.1) is 0 Å². The van der Waals surface area contributed by atoms with Gasteiger partial charge in [-0.2, -0.15) is 0 Å². The first-order chi connectivity index (χ1) is 6.88. The van der Waals surface area contributed by atoms with Gasteiger partial charge in [-0.25, -0.2) is 18.7 Å². The van der Waals surface area contributed by atoms with Crippen molar-refractivity contribution in [1.29, 1.82) is 0 Å². The second kappa shape index (κ2) is 4.51. The van der Waals surface area contributed by atoms with E-state index in [9.17, 15) is 8.78 Å². The van der Waals surface area contributed by atoms with Gasteiger partial charge in [0.15, 0.2) is 6.61 Å². The van der Waals surface area contributed by atoms with Crippen molar-refractivity contribution in [3.63, 3.8) is 0 Å². The number of nitrogens with zero attached hydrogens (tertiary/aromatic N) is 2. The van der Waals surface area contributed by atoms with Crippen molar-refractivity contribution in [3.8, 4) is 6.01 Å². The molecule has 0 saturated heterocycles. The van der Waals surface area contributed by atoms with Crippen LogP contribution in [0.2, 0.25) is 0 Å². The standard InChI is InChI=1S/C10H14F2N2O/c1-7(2)8-4-13-9(14-5-8)15-6-10(3,11)12/h4-5,7H,6H2,1-3H3. The summed E-state index contributed by atoms with van der Waals surface area (Å²) in [7, 11) is 0. The summed E-state index contributed by atoms with van der Waals surface area (Å²) in [6.45, 7) is 4.09. The van der Waals surface area contributed by atoms with Crippen LogP contribution in [0.1, 0.15) is 32.3 Å². The minimum atomic E-state index is -2.86. The number of ether oxygens (including phenoxy) is 1. The third-order valence-electron chi connectivity index (χ3n) is 1.77. The molecule has 0 N–H and O–H groups in total. The number of hydrogen-bond acceptors (Lipinski definition) is 3. The zero-order valence-electron chi connectivity index (χ0n) is 9.00. The van der Waals surface area contributed by atoms with Crippen LogP contribution in [0.15, 0.2) is 12.4 Å². The van der Waals surface area contributed by atoms with E-state index in [4.69, 9.17) is 4.74 Å². The monoisotopic (exact) mass is 216 g/mol. The normalized spacial score (nSPS) is 11.9. The zero-order valence-corrected chi connectivity index (χ0v) is 9.00. The highest BCUT2D eigenvalue weighted by molar-refractivity contribution is 5.11. The molecule has 1 heterocycles. The second-order valence-corrected chi connectivity index (χ2v) is 3.81. The maximum Gasteiger partial charge on any atom is 0.316 e. The topological polar surface area (TPSA) is 35.0 Å². The van der Waals surface area contributed by atoms with E-state index in [-0.39, 0.29) is 6.01 Å². The van der Waals surface area contributed by atoms with Gasteiger partial charge in [0.1, 0.15) is 0 Å². The number of halogens is 2. The number of rotatable bonds is 4. The Hall–Kier alpha value is -1.26. The van der Waals surface area contributed by atoms with Gasteiger partial charge in [-0.15, -0.1) is 0 Å². The van der Waals surface area contributed by atoms with E-state index >= 15 is 0 Å². The maximum absolute atomic E-state index is 12.4. The van der Waals surface area contributed by atoms with E-state index in [1.165, 1.54) is 0 Å². The molecule has 0 atom stereocenters. The molecular formula is C10H14F2N2O. The van der Waals surface area contributed by atoms with Crippen molar-refractivity contribution < 1.29 is 13.5 Å². The van der Waals surface area contributed by atoms with Crippen molar-refractivity contribution in [1.82, 2.24) is 9.97 Å². The molecule has 15 heavy (non-hydrogen) atoms. The SMILES string of the molecule is CC(C)c1cnc(OCC(C)(F)F)nc1. The summed E-state index contributed by atoms with van der Waals surface area (Å²) in [5.41, 5.74) is 0.950. The van der Waals surface area contributed by atoms with Crippen LogP contribution < -0.4 is 4.74 Å². The van der Waals surface area contributed by atoms with Gasteiger partial charge in [0.25, 0.3) is 5.92 Å². The highest BCUT2D eigenvalue weighted by atomic mass is 19.3. The van der Waals surface area contributed by atoms with E-state index in [0.29, 0.717) is 5.92 Å². The van der Waals surface area contributed by atoms with E-state index in [0.717, 1.165) is 12.5 Å². The van der Waals surface area contributed by atoms with Gasteiger partial charge in [0.2, 0.25) is 0 Å². The molecule has 0 aliphatic rings. The minimum absolute atomic E-state index is 0.0130. The smallest absolute Gasteiger partial charge is 0.316 e. The van der Waals surface area contributed by atoms with E-state index in [1.807, 2.05) is 13.8 Å². The molecule has 3 nitrogen and oxygen atoms in total. The van der Waals surface area contributed by atoms with Crippen LogP contribution in [-0.2, 0) is 0 Å². The first kappa shape index (κ1) is 11.8. The van der Waals surface area contributed by atoms with Crippen molar-refractivity contribution in [2.45, 2.75) is 32.6 Å². The average molecular weight is 216 g/mol. The molecule has 1 aromatic rings. The lowest BCUT2D eigenvalue weighted by Gasteiger charge is -2.10. The van der Waals surface area contributed by atoms with Crippen LogP contribution in [0.25, 0.3) is 0 Å². The fraction of sp³-hybridized carbons (Fsp3) is 0.600. The fourth-order valence-corrected chi connectivity index (χ4v) is 0.890. The molecule has 0 spiro atoms. The minimum Gasteiger partial charge on any atom is -0.457 e. The highest BCUT2D eigenvalue weighted by Crippen LogP contribution is 2.15. The summed E-state index contributed by atoms with van der Waals surface area (Å²) in [4.78, 5) is 7.67. The summed E-state index contributed by atoms with van der Waals surface area (Å²) >= 11 is 0. The molecule has 5 heteroatoms. The predicted molar refractivity (Wildman–Crippen MR) is 52.2 cm³/mol. The molecule has 0 amide bonds. The van der Waals surface area contributed by atoms with Gasteiger partial charge in [0.05, 0.1) is 0 Å². The Bertz CT molecular complexity index is 306. The van der Waals surface area contributed by atoms with Crippen molar-refractivity contribution in [2.24, 2.45) is 0 Å². The van der Waals surface area contributed by atoms with Crippen LogP contribution in [0.3, 0.4) is 0 Å². The lowest BCUT2D eigenvalue weighted by Crippen LogP contribution is -2.21. The van der Waals surface area contributed by atoms with Crippen LogP contribution in [0.5, 0.6) is 6.01 Å². The molecular weight excluding hydrogens is 202 g/mol.